The fraction of sp³-hybridized carbons (Fsp3) is 0.130. The van der Waals surface area contributed by atoms with Gasteiger partial charge in [-0.15, -0.1) is 15.3 Å². The molecule has 0 atom stereocenters. The third kappa shape index (κ3) is 4.53. The van der Waals surface area contributed by atoms with Gasteiger partial charge in [0.2, 0.25) is 11.8 Å². The lowest BCUT2D eigenvalue weighted by Crippen LogP contribution is -2.35. The van der Waals surface area contributed by atoms with Crippen molar-refractivity contribution in [1.29, 1.82) is 0 Å². The number of furan rings is 1. The van der Waals surface area contributed by atoms with E-state index in [1.165, 1.54) is 12.3 Å². The average molecular weight is 457 g/mol. The van der Waals surface area contributed by atoms with Crippen LogP contribution in [-0.4, -0.2) is 48.7 Å². The van der Waals surface area contributed by atoms with E-state index in [0.717, 1.165) is 10.2 Å². The number of carbonyl (C=O) groups excluding carboxylic acids is 1. The van der Waals surface area contributed by atoms with Gasteiger partial charge in [-0.2, -0.15) is 9.61 Å². The molecule has 5 aromatic rings. The Morgan fingerprint density at radius 3 is 2.68 bits per heavy atom. The van der Waals surface area contributed by atoms with E-state index in [4.69, 9.17) is 9.15 Å². The molecule has 0 aliphatic rings. The molecule has 5 rings (SSSR count). The predicted octanol–water partition coefficient (Wildman–Crippen LogP) is 1.80. The molecule has 1 N–H and O–H groups in total. The number of benzene rings is 1. The zero-order valence-electron chi connectivity index (χ0n) is 17.9. The summed E-state index contributed by atoms with van der Waals surface area (Å²) in [6, 6.07) is 19.4. The molecule has 11 heteroatoms. The number of nitrogens with zero attached hydrogens (tertiary/aromatic N) is 6. The van der Waals surface area contributed by atoms with E-state index >= 15 is 0 Å². The van der Waals surface area contributed by atoms with Gasteiger partial charge in [0, 0.05) is 17.7 Å². The molecule has 170 valence electrons. The Hall–Kier alpha value is -4.80. The summed E-state index contributed by atoms with van der Waals surface area (Å²) in [5.41, 5.74) is 1.55. The smallest absolute Gasteiger partial charge is 0.267 e. The molecule has 0 unspecified atom stereocenters. The van der Waals surface area contributed by atoms with E-state index in [2.05, 4.69) is 25.7 Å². The number of ether oxygens (including phenoxy) is 1. The third-order valence-corrected chi connectivity index (χ3v) is 4.88. The molecule has 4 aromatic heterocycles. The van der Waals surface area contributed by atoms with Gasteiger partial charge in [0.05, 0.1) is 12.8 Å². The normalized spacial score (nSPS) is 10.9. The lowest BCUT2D eigenvalue weighted by atomic mass is 10.2. The molecule has 0 bridgehead atoms. The Bertz CT molecular complexity index is 1480. The second kappa shape index (κ2) is 9.36. The van der Waals surface area contributed by atoms with Crippen LogP contribution in [0.5, 0.6) is 5.88 Å². The second-order valence-corrected chi connectivity index (χ2v) is 7.22. The molecule has 0 aliphatic carbocycles. The van der Waals surface area contributed by atoms with Crippen molar-refractivity contribution in [3.8, 4) is 28.7 Å². The summed E-state index contributed by atoms with van der Waals surface area (Å²) in [5.74, 6) is 1.10. The fourth-order valence-corrected chi connectivity index (χ4v) is 3.27. The summed E-state index contributed by atoms with van der Waals surface area (Å²) >= 11 is 0. The number of rotatable bonds is 8. The molecular formula is C23H19N7O4. The maximum absolute atomic E-state index is 12.3. The van der Waals surface area contributed by atoms with Crippen molar-refractivity contribution in [2.24, 2.45) is 0 Å². The highest BCUT2D eigenvalue weighted by Gasteiger charge is 2.11. The topological polar surface area (TPSA) is 129 Å². The molecule has 0 saturated carbocycles. The summed E-state index contributed by atoms with van der Waals surface area (Å²) in [6.45, 7) is 0.180. The first kappa shape index (κ1) is 21.1. The van der Waals surface area contributed by atoms with Gasteiger partial charge in [-0.3, -0.25) is 9.59 Å². The molecule has 1 aromatic carbocycles. The molecule has 4 heterocycles. The lowest BCUT2D eigenvalue weighted by Gasteiger charge is -2.09. The first-order chi connectivity index (χ1) is 16.7. The molecule has 11 nitrogen and oxygen atoms in total. The van der Waals surface area contributed by atoms with Crippen molar-refractivity contribution in [3.05, 3.63) is 83.3 Å². The highest BCUT2D eigenvalue weighted by Crippen LogP contribution is 2.18. The van der Waals surface area contributed by atoms with E-state index < -0.39 is 0 Å². The van der Waals surface area contributed by atoms with Crippen molar-refractivity contribution >= 4 is 11.6 Å². The zero-order valence-corrected chi connectivity index (χ0v) is 17.9. The van der Waals surface area contributed by atoms with E-state index in [1.807, 2.05) is 30.3 Å². The molecule has 0 aliphatic heterocycles. The third-order valence-electron chi connectivity index (χ3n) is 4.88. The number of nitrogens with one attached hydrogen (secondary N) is 1. The average Bonchev–Trinajstić information content (AvgIpc) is 3.54. The number of carbonyl (C=O) groups is 1. The van der Waals surface area contributed by atoms with Gasteiger partial charge in [0.25, 0.3) is 5.56 Å². The Labute approximate surface area is 192 Å². The molecule has 0 spiro atoms. The molecule has 0 fully saturated rings. The fourth-order valence-electron chi connectivity index (χ4n) is 3.27. The first-order valence-electron chi connectivity index (χ1n) is 10.5. The Morgan fingerprint density at radius 1 is 0.971 bits per heavy atom. The van der Waals surface area contributed by atoms with Crippen molar-refractivity contribution in [3.63, 3.8) is 0 Å². The van der Waals surface area contributed by atoms with Crippen LogP contribution in [0.2, 0.25) is 0 Å². The van der Waals surface area contributed by atoms with Gasteiger partial charge in [0.1, 0.15) is 18.8 Å². The van der Waals surface area contributed by atoms with Crippen LogP contribution in [0.1, 0.15) is 0 Å². The van der Waals surface area contributed by atoms with E-state index in [9.17, 15) is 9.59 Å². The minimum absolute atomic E-state index is 0.182. The van der Waals surface area contributed by atoms with Gasteiger partial charge < -0.3 is 14.5 Å². The van der Waals surface area contributed by atoms with Crippen LogP contribution in [0.25, 0.3) is 28.5 Å². The quantitative estimate of drug-likeness (QED) is 0.349. The Balaban J connectivity index is 1.17. The Morgan fingerprint density at radius 2 is 1.85 bits per heavy atom. The van der Waals surface area contributed by atoms with Crippen LogP contribution in [-0.2, 0) is 11.3 Å². The van der Waals surface area contributed by atoms with Gasteiger partial charge in [-0.25, -0.2) is 4.68 Å². The van der Waals surface area contributed by atoms with Crippen molar-refractivity contribution in [2.75, 3.05) is 13.2 Å². The summed E-state index contributed by atoms with van der Waals surface area (Å²) in [6.07, 6.45) is 1.51. The lowest BCUT2D eigenvalue weighted by molar-refractivity contribution is -0.122. The summed E-state index contributed by atoms with van der Waals surface area (Å²) in [4.78, 5) is 24.3. The van der Waals surface area contributed by atoms with Crippen LogP contribution >= 0.6 is 0 Å². The molecule has 0 radical (unpaired) electrons. The summed E-state index contributed by atoms with van der Waals surface area (Å²) in [7, 11) is 0. The van der Waals surface area contributed by atoms with Crippen molar-refractivity contribution in [1.82, 2.24) is 34.9 Å². The maximum Gasteiger partial charge on any atom is 0.267 e. The molecular weight excluding hydrogens is 438 g/mol. The SMILES string of the molecule is O=C(Cn1nc(-c2ccco2)ccc1=O)NCCOc1ccc2nnc(-c3ccccc3)n2n1. The van der Waals surface area contributed by atoms with E-state index in [1.54, 1.807) is 34.8 Å². The number of fused-ring (bicyclic) bond motifs is 1. The van der Waals surface area contributed by atoms with Crippen LogP contribution in [0, 0.1) is 0 Å². The highest BCUT2D eigenvalue weighted by atomic mass is 16.5. The van der Waals surface area contributed by atoms with Crippen molar-refractivity contribution < 1.29 is 13.9 Å². The van der Waals surface area contributed by atoms with Crippen LogP contribution < -0.4 is 15.6 Å². The van der Waals surface area contributed by atoms with Gasteiger partial charge in [-0.05, 0) is 24.3 Å². The zero-order chi connectivity index (χ0) is 23.3. The summed E-state index contributed by atoms with van der Waals surface area (Å²) in [5, 5.41) is 19.6. The van der Waals surface area contributed by atoms with Crippen LogP contribution in [0.3, 0.4) is 0 Å². The molecule has 0 saturated heterocycles. The number of aromatic nitrogens is 6. The maximum atomic E-state index is 12.3. The minimum atomic E-state index is -0.387. The molecule has 34 heavy (non-hydrogen) atoms. The highest BCUT2D eigenvalue weighted by molar-refractivity contribution is 5.75. The van der Waals surface area contributed by atoms with E-state index in [-0.39, 0.29) is 31.2 Å². The standard InChI is InChI=1S/C23H19N7O4/c31-20(15-29-22(32)11-8-17(27-29)18-7-4-13-33-18)24-12-14-34-21-10-9-19-25-26-23(30(19)28-21)16-5-2-1-3-6-16/h1-11,13H,12,14-15H2,(H,24,31). The number of hydrogen-bond donors (Lipinski definition) is 1. The van der Waals surface area contributed by atoms with Crippen LogP contribution in [0.4, 0.5) is 0 Å². The second-order valence-electron chi connectivity index (χ2n) is 7.22. The van der Waals surface area contributed by atoms with Gasteiger partial charge >= 0.3 is 0 Å². The number of hydrogen-bond acceptors (Lipinski definition) is 8. The first-order valence-corrected chi connectivity index (χ1v) is 10.5. The monoisotopic (exact) mass is 457 g/mol. The van der Waals surface area contributed by atoms with E-state index in [0.29, 0.717) is 28.8 Å². The molecule has 1 amide bonds. The van der Waals surface area contributed by atoms with Gasteiger partial charge in [0.15, 0.2) is 17.2 Å². The summed E-state index contributed by atoms with van der Waals surface area (Å²) < 4.78 is 13.6. The van der Waals surface area contributed by atoms with Gasteiger partial charge in [-0.1, -0.05) is 30.3 Å². The minimum Gasteiger partial charge on any atom is -0.475 e. The van der Waals surface area contributed by atoms with Crippen LogP contribution in [0.15, 0.2) is 82.2 Å². The Kier molecular flexibility index (Phi) is 5.80. The largest absolute Gasteiger partial charge is 0.475 e. The number of amides is 1. The van der Waals surface area contributed by atoms with Crippen molar-refractivity contribution in [2.45, 2.75) is 6.54 Å². The predicted molar refractivity (Wildman–Crippen MR) is 121 cm³/mol.